The lowest BCUT2D eigenvalue weighted by atomic mass is 10.1. The number of carbonyl (C=O) groups is 2. The van der Waals surface area contributed by atoms with Gasteiger partial charge in [-0.2, -0.15) is 0 Å². The van der Waals surface area contributed by atoms with Gasteiger partial charge in [-0.3, -0.25) is 9.59 Å². The van der Waals surface area contributed by atoms with E-state index in [0.717, 1.165) is 22.7 Å². The van der Waals surface area contributed by atoms with E-state index in [1.165, 1.54) is 6.33 Å². The molecule has 0 aliphatic rings. The third-order valence-corrected chi connectivity index (χ3v) is 5.62. The summed E-state index contributed by atoms with van der Waals surface area (Å²) in [4.78, 5) is 33.3. The zero-order chi connectivity index (χ0) is 25.3. The van der Waals surface area contributed by atoms with Gasteiger partial charge >= 0.3 is 0 Å². The molecule has 0 saturated heterocycles. The number of carbonyl (C=O) groups excluding carboxylic acids is 2. The summed E-state index contributed by atoms with van der Waals surface area (Å²) in [5.74, 6) is 0.892. The van der Waals surface area contributed by atoms with Crippen LogP contribution >= 0.6 is 11.6 Å². The van der Waals surface area contributed by atoms with E-state index >= 15 is 0 Å². The average Bonchev–Trinajstić information content (AvgIpc) is 2.92. The van der Waals surface area contributed by atoms with Crippen LogP contribution in [0, 0.1) is 0 Å². The number of hydrogen-bond donors (Lipinski definition) is 3. The van der Waals surface area contributed by atoms with Gasteiger partial charge in [-0.05, 0) is 48.5 Å². The molecule has 0 unspecified atom stereocenters. The van der Waals surface area contributed by atoms with Crippen molar-refractivity contribution in [3.05, 3.63) is 101 Å². The monoisotopic (exact) mass is 501 g/mol. The van der Waals surface area contributed by atoms with Crippen LogP contribution in [0.1, 0.15) is 20.7 Å². The molecule has 1 heterocycles. The van der Waals surface area contributed by atoms with Crippen molar-refractivity contribution in [2.45, 2.75) is 0 Å². The maximum Gasteiger partial charge on any atom is 0.252 e. The van der Waals surface area contributed by atoms with Crippen molar-refractivity contribution in [3.8, 4) is 17.0 Å². The van der Waals surface area contributed by atoms with E-state index in [1.807, 2.05) is 42.5 Å². The van der Waals surface area contributed by atoms with Crippen LogP contribution in [0.2, 0.25) is 5.02 Å². The van der Waals surface area contributed by atoms with Crippen molar-refractivity contribution in [3.63, 3.8) is 0 Å². The summed E-state index contributed by atoms with van der Waals surface area (Å²) in [6.07, 6.45) is 1.48. The Morgan fingerprint density at radius 1 is 0.861 bits per heavy atom. The average molecular weight is 502 g/mol. The Balaban J connectivity index is 1.30. The van der Waals surface area contributed by atoms with Gasteiger partial charge in [-0.25, -0.2) is 9.97 Å². The second kappa shape index (κ2) is 11.8. The summed E-state index contributed by atoms with van der Waals surface area (Å²) in [6, 6.07) is 23.3. The van der Waals surface area contributed by atoms with E-state index in [1.54, 1.807) is 43.5 Å². The number of nitrogens with one attached hydrogen (secondary N) is 3. The number of benzene rings is 3. The van der Waals surface area contributed by atoms with Gasteiger partial charge in [0.2, 0.25) is 0 Å². The highest BCUT2D eigenvalue weighted by Gasteiger charge is 2.10. The standard InChI is InChI=1S/C27H24ClN5O3/c1-36-21-12-10-20(11-13-21)33-25-16-24(31-17-32-25)18-6-8-19(9-7-18)26(34)29-14-15-30-27(35)22-4-2-3-5-23(22)28/h2-13,16-17H,14-15H2,1H3,(H,29,34)(H,30,35)(H,31,32,33). The first-order valence-electron chi connectivity index (χ1n) is 11.2. The van der Waals surface area contributed by atoms with Crippen LogP contribution in [0.4, 0.5) is 11.5 Å². The molecule has 1 aromatic heterocycles. The number of nitrogens with zero attached hydrogens (tertiary/aromatic N) is 2. The summed E-state index contributed by atoms with van der Waals surface area (Å²) < 4.78 is 5.18. The number of ether oxygens (including phenoxy) is 1. The lowest BCUT2D eigenvalue weighted by Crippen LogP contribution is -2.34. The molecule has 0 atom stereocenters. The smallest absolute Gasteiger partial charge is 0.252 e. The van der Waals surface area contributed by atoms with Crippen molar-refractivity contribution in [1.29, 1.82) is 0 Å². The molecule has 36 heavy (non-hydrogen) atoms. The Morgan fingerprint density at radius 2 is 1.56 bits per heavy atom. The van der Waals surface area contributed by atoms with Crippen LogP contribution in [-0.2, 0) is 0 Å². The van der Waals surface area contributed by atoms with Gasteiger partial charge in [0.05, 0.1) is 23.4 Å². The third-order valence-electron chi connectivity index (χ3n) is 5.29. The predicted octanol–water partition coefficient (Wildman–Crippen LogP) is 4.71. The van der Waals surface area contributed by atoms with Crippen LogP contribution in [-0.4, -0.2) is 42.0 Å². The van der Waals surface area contributed by atoms with Crippen LogP contribution < -0.4 is 20.7 Å². The number of halogens is 1. The predicted molar refractivity (Wildman–Crippen MR) is 140 cm³/mol. The first-order chi connectivity index (χ1) is 17.5. The minimum absolute atomic E-state index is 0.238. The van der Waals surface area contributed by atoms with Crippen LogP contribution in [0.3, 0.4) is 0 Å². The van der Waals surface area contributed by atoms with E-state index in [-0.39, 0.29) is 24.9 Å². The van der Waals surface area contributed by atoms with Crippen LogP contribution in [0.15, 0.2) is 85.2 Å². The Hall–Kier alpha value is -4.43. The first-order valence-corrected chi connectivity index (χ1v) is 11.6. The maximum atomic E-state index is 12.5. The van der Waals surface area contributed by atoms with Gasteiger partial charge < -0.3 is 20.7 Å². The third kappa shape index (κ3) is 6.37. The fourth-order valence-electron chi connectivity index (χ4n) is 3.39. The summed E-state index contributed by atoms with van der Waals surface area (Å²) >= 11 is 6.03. The quantitative estimate of drug-likeness (QED) is 0.287. The number of anilines is 2. The number of aromatic nitrogens is 2. The normalized spacial score (nSPS) is 10.4. The van der Waals surface area contributed by atoms with Crippen molar-refractivity contribution in [2.24, 2.45) is 0 Å². The highest BCUT2D eigenvalue weighted by atomic mass is 35.5. The fraction of sp³-hybridized carbons (Fsp3) is 0.111. The highest BCUT2D eigenvalue weighted by molar-refractivity contribution is 6.33. The largest absolute Gasteiger partial charge is 0.497 e. The molecule has 0 bridgehead atoms. The van der Waals surface area contributed by atoms with Gasteiger partial charge in [-0.1, -0.05) is 35.9 Å². The fourth-order valence-corrected chi connectivity index (χ4v) is 3.61. The lowest BCUT2D eigenvalue weighted by Gasteiger charge is -2.09. The van der Waals surface area contributed by atoms with Gasteiger partial charge in [0.15, 0.2) is 0 Å². The van der Waals surface area contributed by atoms with Crippen LogP contribution in [0.25, 0.3) is 11.3 Å². The van der Waals surface area contributed by atoms with Crippen LogP contribution in [0.5, 0.6) is 5.75 Å². The molecule has 4 rings (SSSR count). The SMILES string of the molecule is COc1ccc(Nc2cc(-c3ccc(C(=O)NCCNC(=O)c4ccccc4Cl)cc3)ncn2)cc1. The Morgan fingerprint density at radius 3 is 2.25 bits per heavy atom. The molecule has 0 saturated carbocycles. The van der Waals surface area contributed by atoms with E-state index in [9.17, 15) is 9.59 Å². The second-order valence-corrected chi connectivity index (χ2v) is 8.12. The van der Waals surface area contributed by atoms with Crippen molar-refractivity contribution < 1.29 is 14.3 Å². The molecule has 182 valence electrons. The van der Waals surface area contributed by atoms with Crippen molar-refractivity contribution in [1.82, 2.24) is 20.6 Å². The Labute approximate surface area is 213 Å². The summed E-state index contributed by atoms with van der Waals surface area (Å²) in [7, 11) is 1.62. The highest BCUT2D eigenvalue weighted by Crippen LogP contribution is 2.23. The van der Waals surface area contributed by atoms with Crippen molar-refractivity contribution in [2.75, 3.05) is 25.5 Å². The molecule has 0 aliphatic carbocycles. The summed E-state index contributed by atoms with van der Waals surface area (Å²) in [6.45, 7) is 0.557. The Bertz CT molecular complexity index is 1340. The summed E-state index contributed by atoms with van der Waals surface area (Å²) in [5.41, 5.74) is 3.33. The molecule has 8 nitrogen and oxygen atoms in total. The number of amides is 2. The molecule has 2 amide bonds. The minimum Gasteiger partial charge on any atom is -0.497 e. The number of rotatable bonds is 9. The molecule has 9 heteroatoms. The van der Waals surface area contributed by atoms with E-state index in [0.29, 0.717) is 22.0 Å². The van der Waals surface area contributed by atoms with Crippen molar-refractivity contribution >= 4 is 34.9 Å². The molecule has 3 aromatic carbocycles. The van der Waals surface area contributed by atoms with E-state index in [2.05, 4.69) is 25.9 Å². The van der Waals surface area contributed by atoms with Gasteiger partial charge in [0.1, 0.15) is 17.9 Å². The molecule has 0 spiro atoms. The van der Waals surface area contributed by atoms with Gasteiger partial charge in [0, 0.05) is 36.0 Å². The molecule has 0 radical (unpaired) electrons. The molecule has 0 aliphatic heterocycles. The van der Waals surface area contributed by atoms with E-state index in [4.69, 9.17) is 16.3 Å². The molecular formula is C27H24ClN5O3. The van der Waals surface area contributed by atoms with Gasteiger partial charge in [-0.15, -0.1) is 0 Å². The minimum atomic E-state index is -0.287. The molecule has 0 fully saturated rings. The first kappa shape index (κ1) is 24.7. The van der Waals surface area contributed by atoms with E-state index < -0.39 is 0 Å². The summed E-state index contributed by atoms with van der Waals surface area (Å²) in [5, 5.41) is 9.15. The lowest BCUT2D eigenvalue weighted by molar-refractivity contribution is 0.0927. The number of methoxy groups -OCH3 is 1. The topological polar surface area (TPSA) is 105 Å². The zero-order valence-electron chi connectivity index (χ0n) is 19.5. The molecule has 3 N–H and O–H groups in total. The van der Waals surface area contributed by atoms with Gasteiger partial charge in [0.25, 0.3) is 11.8 Å². The molecule has 4 aromatic rings. The zero-order valence-corrected chi connectivity index (χ0v) is 20.3. The number of hydrogen-bond acceptors (Lipinski definition) is 6. The Kier molecular flexibility index (Phi) is 8.10. The second-order valence-electron chi connectivity index (χ2n) is 7.71. The maximum absolute atomic E-state index is 12.5. The molecular weight excluding hydrogens is 478 g/mol.